The van der Waals surface area contributed by atoms with E-state index in [1.165, 1.54) is 24.1 Å². The second-order valence-corrected chi connectivity index (χ2v) is 5.86. The van der Waals surface area contributed by atoms with Crippen LogP contribution in [0.2, 0.25) is 0 Å². The third kappa shape index (κ3) is 2.63. The first-order valence-corrected chi connectivity index (χ1v) is 7.51. The largest absolute Gasteiger partial charge is 0.300 e. The molecule has 0 spiro atoms. The first-order valence-electron chi connectivity index (χ1n) is 6.32. The molecule has 1 heterocycles. The summed E-state index contributed by atoms with van der Waals surface area (Å²) in [6.45, 7) is 1.76. The summed E-state index contributed by atoms with van der Waals surface area (Å²) in [5.41, 5.74) is 1.24. The molecule has 0 saturated heterocycles. The number of benzene rings is 2. The van der Waals surface area contributed by atoms with Crippen LogP contribution in [0.4, 0.5) is 14.5 Å². The molecular formula is C15H11ClF2N2S. The van der Waals surface area contributed by atoms with Crippen LogP contribution >= 0.6 is 23.5 Å². The molecule has 0 bridgehead atoms. The lowest BCUT2D eigenvalue weighted by Gasteiger charge is -2.21. The number of aliphatic imine (C=N–C) groups is 1. The van der Waals surface area contributed by atoms with Crippen molar-refractivity contribution in [3.8, 4) is 0 Å². The van der Waals surface area contributed by atoms with Gasteiger partial charge in [-0.05, 0) is 47.3 Å². The summed E-state index contributed by atoms with van der Waals surface area (Å²) in [6, 6.07) is 9.36. The topological polar surface area (TPSA) is 24.4 Å². The van der Waals surface area contributed by atoms with Gasteiger partial charge < -0.3 is 4.72 Å². The molecule has 1 unspecified atom stereocenters. The fourth-order valence-electron chi connectivity index (χ4n) is 2.37. The van der Waals surface area contributed by atoms with Gasteiger partial charge in [0, 0.05) is 11.5 Å². The molecule has 3 rings (SSSR count). The van der Waals surface area contributed by atoms with Crippen LogP contribution in [-0.2, 0) is 0 Å². The van der Waals surface area contributed by atoms with E-state index in [9.17, 15) is 8.78 Å². The molecule has 21 heavy (non-hydrogen) atoms. The second kappa shape index (κ2) is 5.66. The standard InChI is InChI=1S/C15H11ClF2N2S/c1-8(9-4-2-3-5-10(9)17)13-11(18)6-7-12-14(13)19-15(16)20-21-12/h2-8H,1H3,(H,19,20). The fourth-order valence-corrected chi connectivity index (χ4v) is 3.20. The first-order chi connectivity index (χ1) is 10.1. The Morgan fingerprint density at radius 1 is 1.14 bits per heavy atom. The SMILES string of the molecule is CC(c1ccccc1F)c1c(F)ccc2c1N=C(Cl)NS2. The molecule has 1 aliphatic heterocycles. The Labute approximate surface area is 130 Å². The number of halogens is 3. The van der Waals surface area contributed by atoms with Gasteiger partial charge in [-0.2, -0.15) is 0 Å². The van der Waals surface area contributed by atoms with Crippen molar-refractivity contribution in [3.05, 3.63) is 59.2 Å². The van der Waals surface area contributed by atoms with Gasteiger partial charge >= 0.3 is 0 Å². The van der Waals surface area contributed by atoms with Crippen LogP contribution in [0.5, 0.6) is 0 Å². The minimum atomic E-state index is -0.465. The maximum Gasteiger partial charge on any atom is 0.206 e. The van der Waals surface area contributed by atoms with Crippen molar-refractivity contribution in [2.75, 3.05) is 0 Å². The molecule has 0 radical (unpaired) electrons. The Balaban J connectivity index is 2.17. The molecule has 1 N–H and O–H groups in total. The molecular weight excluding hydrogens is 314 g/mol. The molecule has 108 valence electrons. The highest BCUT2D eigenvalue weighted by molar-refractivity contribution is 7.98. The Hall–Kier alpha value is -1.59. The molecule has 2 aromatic rings. The van der Waals surface area contributed by atoms with Gasteiger partial charge in [-0.1, -0.05) is 25.1 Å². The Morgan fingerprint density at radius 2 is 1.90 bits per heavy atom. The van der Waals surface area contributed by atoms with E-state index in [-0.39, 0.29) is 11.1 Å². The van der Waals surface area contributed by atoms with Crippen LogP contribution in [0.25, 0.3) is 0 Å². The number of fused-ring (bicyclic) bond motifs is 1. The van der Waals surface area contributed by atoms with Crippen LogP contribution in [0.1, 0.15) is 24.0 Å². The van der Waals surface area contributed by atoms with Crippen molar-refractivity contribution < 1.29 is 8.78 Å². The quantitative estimate of drug-likeness (QED) is 0.624. The predicted molar refractivity (Wildman–Crippen MR) is 82.3 cm³/mol. The van der Waals surface area contributed by atoms with Crippen molar-refractivity contribution in [2.45, 2.75) is 17.7 Å². The normalized spacial score (nSPS) is 15.0. The number of hydrogen-bond donors (Lipinski definition) is 1. The maximum atomic E-state index is 14.3. The van der Waals surface area contributed by atoms with E-state index < -0.39 is 11.7 Å². The van der Waals surface area contributed by atoms with E-state index >= 15 is 0 Å². The zero-order valence-electron chi connectivity index (χ0n) is 11.0. The van der Waals surface area contributed by atoms with Crippen LogP contribution in [-0.4, -0.2) is 5.29 Å². The van der Waals surface area contributed by atoms with E-state index in [1.54, 1.807) is 31.2 Å². The molecule has 2 nitrogen and oxygen atoms in total. The summed E-state index contributed by atoms with van der Waals surface area (Å²) in [5.74, 6) is -1.24. The van der Waals surface area contributed by atoms with Crippen LogP contribution < -0.4 is 4.72 Å². The summed E-state index contributed by atoms with van der Waals surface area (Å²) in [7, 11) is 0. The zero-order valence-corrected chi connectivity index (χ0v) is 12.6. The van der Waals surface area contributed by atoms with Gasteiger partial charge in [0.25, 0.3) is 0 Å². The van der Waals surface area contributed by atoms with Crippen LogP contribution in [0.3, 0.4) is 0 Å². The van der Waals surface area contributed by atoms with Gasteiger partial charge in [-0.15, -0.1) is 0 Å². The van der Waals surface area contributed by atoms with Gasteiger partial charge in [0.2, 0.25) is 5.29 Å². The predicted octanol–water partition coefficient (Wildman–Crippen LogP) is 4.95. The maximum absolute atomic E-state index is 14.3. The van der Waals surface area contributed by atoms with E-state index in [4.69, 9.17) is 11.6 Å². The lowest BCUT2D eigenvalue weighted by molar-refractivity contribution is 0.580. The van der Waals surface area contributed by atoms with Gasteiger partial charge in [-0.25, -0.2) is 13.8 Å². The smallest absolute Gasteiger partial charge is 0.206 e. The number of amidine groups is 1. The molecule has 0 fully saturated rings. The lowest BCUT2D eigenvalue weighted by Crippen LogP contribution is -2.13. The highest BCUT2D eigenvalue weighted by atomic mass is 35.5. The van der Waals surface area contributed by atoms with Gasteiger partial charge in [0.15, 0.2) is 0 Å². The summed E-state index contributed by atoms with van der Waals surface area (Å²) >= 11 is 7.14. The van der Waals surface area contributed by atoms with Crippen molar-refractivity contribution >= 4 is 34.5 Å². The van der Waals surface area contributed by atoms with Gasteiger partial charge in [0.05, 0.1) is 10.6 Å². The summed E-state index contributed by atoms with van der Waals surface area (Å²) < 4.78 is 31.1. The second-order valence-electron chi connectivity index (χ2n) is 4.66. The molecule has 0 saturated carbocycles. The highest BCUT2D eigenvalue weighted by Gasteiger charge is 2.24. The highest BCUT2D eigenvalue weighted by Crippen LogP contribution is 2.42. The third-order valence-corrected chi connectivity index (χ3v) is 4.52. The lowest BCUT2D eigenvalue weighted by atomic mass is 9.91. The van der Waals surface area contributed by atoms with E-state index in [0.29, 0.717) is 16.8 Å². The summed E-state index contributed by atoms with van der Waals surface area (Å²) in [4.78, 5) is 4.93. The van der Waals surface area contributed by atoms with E-state index in [2.05, 4.69) is 9.71 Å². The Morgan fingerprint density at radius 3 is 2.67 bits per heavy atom. The summed E-state index contributed by atoms with van der Waals surface area (Å²) in [6.07, 6.45) is 0. The number of rotatable bonds is 2. The van der Waals surface area contributed by atoms with Gasteiger partial charge in [-0.3, -0.25) is 0 Å². The average Bonchev–Trinajstić information content (AvgIpc) is 2.47. The average molecular weight is 325 g/mol. The van der Waals surface area contributed by atoms with Crippen LogP contribution in [0.15, 0.2) is 46.3 Å². The molecule has 1 atom stereocenters. The van der Waals surface area contributed by atoms with E-state index in [1.807, 2.05) is 0 Å². The Kier molecular flexibility index (Phi) is 3.87. The molecule has 0 aromatic heterocycles. The third-order valence-electron chi connectivity index (χ3n) is 3.39. The monoisotopic (exact) mass is 324 g/mol. The number of nitrogens with one attached hydrogen (secondary N) is 1. The van der Waals surface area contributed by atoms with Crippen molar-refractivity contribution in [3.63, 3.8) is 0 Å². The minimum Gasteiger partial charge on any atom is -0.300 e. The minimum absolute atomic E-state index is 0.181. The zero-order chi connectivity index (χ0) is 15.0. The fraction of sp³-hybridized carbons (Fsp3) is 0.133. The van der Waals surface area contributed by atoms with Crippen molar-refractivity contribution in [1.29, 1.82) is 0 Å². The van der Waals surface area contributed by atoms with Crippen molar-refractivity contribution in [2.24, 2.45) is 4.99 Å². The van der Waals surface area contributed by atoms with Crippen molar-refractivity contribution in [1.82, 2.24) is 4.72 Å². The van der Waals surface area contributed by atoms with Gasteiger partial charge in [0.1, 0.15) is 11.6 Å². The number of nitrogens with zero attached hydrogens (tertiary/aromatic N) is 1. The molecule has 0 aliphatic carbocycles. The summed E-state index contributed by atoms with van der Waals surface area (Å²) in [5, 5.41) is 0.181. The molecule has 1 aliphatic rings. The number of hydrogen-bond acceptors (Lipinski definition) is 3. The van der Waals surface area contributed by atoms with Crippen LogP contribution in [0, 0.1) is 11.6 Å². The molecule has 0 amide bonds. The Bertz CT molecular complexity index is 734. The first kappa shape index (κ1) is 14.4. The molecule has 2 aromatic carbocycles. The van der Waals surface area contributed by atoms with E-state index in [0.717, 1.165) is 4.90 Å². The molecule has 6 heteroatoms.